The smallest absolute Gasteiger partial charge is 0.259 e. The van der Waals surface area contributed by atoms with E-state index in [0.717, 1.165) is 11.3 Å². The predicted octanol–water partition coefficient (Wildman–Crippen LogP) is 5.19. The zero-order valence-corrected chi connectivity index (χ0v) is 17.9. The van der Waals surface area contributed by atoms with Crippen LogP contribution in [0.5, 0.6) is 11.5 Å². The van der Waals surface area contributed by atoms with Crippen molar-refractivity contribution in [1.82, 2.24) is 5.32 Å². The first-order chi connectivity index (χ1) is 15.5. The highest BCUT2D eigenvalue weighted by molar-refractivity contribution is 6.19. The van der Waals surface area contributed by atoms with Crippen LogP contribution in [0, 0.1) is 5.82 Å². The van der Waals surface area contributed by atoms with Crippen molar-refractivity contribution in [1.29, 1.82) is 0 Å². The number of hydrogen-bond acceptors (Lipinski definition) is 5. The molecule has 0 unspecified atom stereocenters. The van der Waals surface area contributed by atoms with Crippen molar-refractivity contribution in [2.75, 3.05) is 14.2 Å². The Hall–Kier alpha value is -4.00. The summed E-state index contributed by atoms with van der Waals surface area (Å²) in [7, 11) is 3.12. The van der Waals surface area contributed by atoms with Crippen molar-refractivity contribution in [3.63, 3.8) is 0 Å². The highest BCUT2D eigenvalue weighted by atomic mass is 19.1. The van der Waals surface area contributed by atoms with Gasteiger partial charge < -0.3 is 14.8 Å². The van der Waals surface area contributed by atoms with Gasteiger partial charge in [-0.1, -0.05) is 30.3 Å². The van der Waals surface area contributed by atoms with Gasteiger partial charge in [0, 0.05) is 5.71 Å². The fraction of sp³-hybridized carbons (Fsp3) is 0.160. The molecule has 0 saturated carbocycles. The molecule has 32 heavy (non-hydrogen) atoms. The molecule has 1 aliphatic rings. The minimum Gasteiger partial charge on any atom is -0.493 e. The fourth-order valence-corrected chi connectivity index (χ4v) is 3.66. The number of ether oxygens (including phenoxy) is 2. The van der Waals surface area contributed by atoms with Gasteiger partial charge in [-0.25, -0.2) is 9.38 Å². The molecule has 0 aliphatic carbocycles. The summed E-state index contributed by atoms with van der Waals surface area (Å²) in [6.45, 7) is 1.87. The number of methoxy groups -OCH3 is 2. The van der Waals surface area contributed by atoms with Gasteiger partial charge in [0.25, 0.3) is 5.91 Å². The molecule has 0 radical (unpaired) electrons. The molecule has 0 bridgehead atoms. The van der Waals surface area contributed by atoms with E-state index >= 15 is 0 Å². The monoisotopic (exact) mass is 431 g/mol. The molecule has 6 nitrogen and oxygen atoms in total. The van der Waals surface area contributed by atoms with E-state index in [9.17, 15) is 9.18 Å². The first-order valence-electron chi connectivity index (χ1n) is 10.0. The molecule has 0 aromatic heterocycles. The number of para-hydroxylation sites is 2. The third kappa shape index (κ3) is 4.09. The van der Waals surface area contributed by atoms with Crippen molar-refractivity contribution in [2.45, 2.75) is 12.8 Å². The molecule has 0 fully saturated rings. The molecule has 1 amide bonds. The molecule has 1 atom stereocenters. The summed E-state index contributed by atoms with van der Waals surface area (Å²) in [5, 5.41) is 2.82. The van der Waals surface area contributed by atoms with Crippen LogP contribution in [0.25, 0.3) is 0 Å². The van der Waals surface area contributed by atoms with Crippen LogP contribution in [0.2, 0.25) is 0 Å². The van der Waals surface area contributed by atoms with Crippen LogP contribution in [-0.2, 0) is 0 Å². The molecule has 3 aromatic rings. The van der Waals surface area contributed by atoms with Gasteiger partial charge in [-0.2, -0.15) is 0 Å². The van der Waals surface area contributed by atoms with Gasteiger partial charge in [0.15, 0.2) is 11.5 Å². The Morgan fingerprint density at radius 2 is 1.56 bits per heavy atom. The average Bonchev–Trinajstić information content (AvgIpc) is 2.94. The average molecular weight is 431 g/mol. The van der Waals surface area contributed by atoms with E-state index < -0.39 is 17.6 Å². The molecule has 1 heterocycles. The normalized spacial score (nSPS) is 15.1. The van der Waals surface area contributed by atoms with Crippen molar-refractivity contribution < 1.29 is 18.7 Å². The van der Waals surface area contributed by atoms with Gasteiger partial charge in [0.05, 0.1) is 37.1 Å². The van der Waals surface area contributed by atoms with Crippen LogP contribution in [0.1, 0.15) is 28.8 Å². The fourth-order valence-electron chi connectivity index (χ4n) is 3.66. The van der Waals surface area contributed by atoms with Crippen LogP contribution < -0.4 is 14.8 Å². The van der Waals surface area contributed by atoms with Crippen LogP contribution in [0.4, 0.5) is 15.8 Å². The summed E-state index contributed by atoms with van der Waals surface area (Å²) in [5.74, 6) is -0.210. The molecule has 3 aromatic carbocycles. The SMILES string of the molecule is COc1ccc([C@@H]2C(C)=Nc3ccccc3N=C2NC(=O)c2ccccc2F)cc1OC. The molecule has 4 rings (SSSR count). The highest BCUT2D eigenvalue weighted by Crippen LogP contribution is 2.37. The second-order valence-electron chi connectivity index (χ2n) is 7.22. The van der Waals surface area contributed by atoms with E-state index in [2.05, 4.69) is 5.32 Å². The molecule has 1 N–H and O–H groups in total. The molecule has 0 saturated heterocycles. The lowest BCUT2D eigenvalue weighted by molar-refractivity contribution is 0.0972. The van der Waals surface area contributed by atoms with Gasteiger partial charge >= 0.3 is 0 Å². The largest absolute Gasteiger partial charge is 0.493 e. The maximum absolute atomic E-state index is 14.2. The lowest BCUT2D eigenvalue weighted by atomic mass is 9.92. The van der Waals surface area contributed by atoms with E-state index in [4.69, 9.17) is 19.5 Å². The van der Waals surface area contributed by atoms with Gasteiger partial charge in [0.1, 0.15) is 11.7 Å². The van der Waals surface area contributed by atoms with Crippen molar-refractivity contribution in [2.24, 2.45) is 9.98 Å². The number of carbonyl (C=O) groups excluding carboxylic acids is 1. The number of rotatable bonds is 4. The Morgan fingerprint density at radius 3 is 2.25 bits per heavy atom. The maximum atomic E-state index is 14.2. The van der Waals surface area contributed by atoms with Gasteiger partial charge in [-0.15, -0.1) is 0 Å². The Balaban J connectivity index is 1.83. The molecule has 7 heteroatoms. The number of nitrogens with zero attached hydrogens (tertiary/aromatic N) is 2. The van der Waals surface area contributed by atoms with Crippen LogP contribution in [0.3, 0.4) is 0 Å². The van der Waals surface area contributed by atoms with E-state index in [0.29, 0.717) is 28.7 Å². The highest BCUT2D eigenvalue weighted by Gasteiger charge is 2.28. The maximum Gasteiger partial charge on any atom is 0.259 e. The summed E-state index contributed by atoms with van der Waals surface area (Å²) in [6, 6.07) is 18.7. The first kappa shape index (κ1) is 21.2. The van der Waals surface area contributed by atoms with Crippen molar-refractivity contribution >= 4 is 28.8 Å². The van der Waals surface area contributed by atoms with Crippen LogP contribution in [-0.4, -0.2) is 31.7 Å². The lowest BCUT2D eigenvalue weighted by Gasteiger charge is -2.21. The number of fused-ring (bicyclic) bond motifs is 1. The molecular weight excluding hydrogens is 409 g/mol. The van der Waals surface area contributed by atoms with Crippen LogP contribution >= 0.6 is 0 Å². The molecule has 1 aliphatic heterocycles. The van der Waals surface area contributed by atoms with Crippen molar-refractivity contribution in [3.8, 4) is 11.5 Å². The summed E-state index contributed by atoms with van der Waals surface area (Å²) >= 11 is 0. The van der Waals surface area contributed by atoms with Gasteiger partial charge in [-0.05, 0) is 48.9 Å². The minimum atomic E-state index is -0.604. The molecular formula is C25H22FN3O3. The second-order valence-corrected chi connectivity index (χ2v) is 7.22. The van der Waals surface area contributed by atoms with Crippen LogP contribution in [0.15, 0.2) is 76.7 Å². The Labute approximate surface area is 185 Å². The predicted molar refractivity (Wildman–Crippen MR) is 122 cm³/mol. The van der Waals surface area contributed by atoms with Crippen molar-refractivity contribution in [3.05, 3.63) is 83.7 Å². The summed E-state index contributed by atoms with van der Waals surface area (Å²) in [5.41, 5.74) is 2.75. The summed E-state index contributed by atoms with van der Waals surface area (Å²) in [4.78, 5) is 22.4. The number of amides is 1. The van der Waals surface area contributed by atoms with E-state index in [1.807, 2.05) is 43.3 Å². The number of nitrogens with one attached hydrogen (secondary N) is 1. The molecule has 162 valence electrons. The first-order valence-corrected chi connectivity index (χ1v) is 10.0. The number of hydrogen-bond donors (Lipinski definition) is 1. The Bertz CT molecular complexity index is 1240. The second kappa shape index (κ2) is 9.01. The molecule has 0 spiro atoms. The van der Waals surface area contributed by atoms with E-state index in [1.165, 1.54) is 18.2 Å². The third-order valence-corrected chi connectivity index (χ3v) is 5.21. The zero-order valence-electron chi connectivity index (χ0n) is 17.9. The zero-order chi connectivity index (χ0) is 22.7. The number of halogens is 1. The minimum absolute atomic E-state index is 0.0617. The number of aliphatic imine (C=N–C) groups is 2. The number of carbonyl (C=O) groups is 1. The number of benzene rings is 3. The number of amidine groups is 1. The van der Waals surface area contributed by atoms with E-state index in [1.54, 1.807) is 26.4 Å². The quantitative estimate of drug-likeness (QED) is 0.618. The summed E-state index contributed by atoms with van der Waals surface area (Å²) in [6.07, 6.45) is 0. The standard InChI is InChI=1S/C25H22FN3O3/c1-15-23(16-12-13-21(31-2)22(14-16)32-3)24(28-20-11-7-6-10-19(20)27-15)29-25(30)17-8-4-5-9-18(17)26/h4-14,23H,1-3H3,(H,28,29,30)/t23-/m0/s1. The lowest BCUT2D eigenvalue weighted by Crippen LogP contribution is -2.37. The van der Waals surface area contributed by atoms with Gasteiger partial charge in [-0.3, -0.25) is 9.79 Å². The third-order valence-electron chi connectivity index (χ3n) is 5.21. The topological polar surface area (TPSA) is 72.3 Å². The Morgan fingerprint density at radius 1 is 0.906 bits per heavy atom. The Kier molecular flexibility index (Phi) is 5.98. The van der Waals surface area contributed by atoms with E-state index in [-0.39, 0.29) is 5.56 Å². The van der Waals surface area contributed by atoms with Gasteiger partial charge in [0.2, 0.25) is 0 Å². The summed E-state index contributed by atoms with van der Waals surface area (Å²) < 4.78 is 25.0.